The molecule has 2 N–H and O–H groups in total. The quantitative estimate of drug-likeness (QED) is 0.777. The maximum absolute atomic E-state index is 13.5. The van der Waals surface area contributed by atoms with Crippen molar-refractivity contribution >= 4 is 17.2 Å². The van der Waals surface area contributed by atoms with Crippen molar-refractivity contribution in [2.75, 3.05) is 6.54 Å². The van der Waals surface area contributed by atoms with Gasteiger partial charge in [-0.2, -0.15) is 13.2 Å². The van der Waals surface area contributed by atoms with Crippen LogP contribution in [0.15, 0.2) is 35.7 Å². The van der Waals surface area contributed by atoms with E-state index in [1.807, 2.05) is 30.3 Å². The molecule has 4 nitrogen and oxygen atoms in total. The highest BCUT2D eigenvalue weighted by molar-refractivity contribution is 7.09. The van der Waals surface area contributed by atoms with Crippen molar-refractivity contribution in [2.24, 2.45) is 0 Å². The second-order valence-corrected chi connectivity index (χ2v) is 7.96. The molecule has 27 heavy (non-hydrogen) atoms. The number of nitrogens with zero attached hydrogens (tertiary/aromatic N) is 1. The van der Waals surface area contributed by atoms with E-state index < -0.39 is 29.1 Å². The Labute approximate surface area is 159 Å². The molecule has 1 aromatic carbocycles. The smallest absolute Gasteiger partial charge is 0.374 e. The van der Waals surface area contributed by atoms with Crippen LogP contribution in [-0.2, 0) is 15.8 Å². The Morgan fingerprint density at radius 3 is 2.44 bits per heavy atom. The van der Waals surface area contributed by atoms with Crippen LogP contribution >= 0.6 is 11.3 Å². The van der Waals surface area contributed by atoms with Gasteiger partial charge in [-0.15, -0.1) is 11.3 Å². The van der Waals surface area contributed by atoms with E-state index in [0.717, 1.165) is 24.8 Å². The molecule has 1 aromatic heterocycles. The average Bonchev–Trinajstić information content (AvgIpc) is 3.01. The van der Waals surface area contributed by atoms with E-state index in [4.69, 9.17) is 0 Å². The number of halogens is 3. The number of hydrogen-bond acceptors (Lipinski definition) is 4. The number of hydrogen-bond donors (Lipinski definition) is 2. The lowest BCUT2D eigenvalue weighted by molar-refractivity contribution is -0.267. The van der Waals surface area contributed by atoms with Crippen molar-refractivity contribution in [1.82, 2.24) is 10.3 Å². The molecule has 1 amide bonds. The number of benzene rings is 1. The van der Waals surface area contributed by atoms with Gasteiger partial charge >= 0.3 is 6.18 Å². The van der Waals surface area contributed by atoms with Gasteiger partial charge in [-0.1, -0.05) is 36.8 Å². The molecular weight excluding hydrogens is 377 g/mol. The summed E-state index contributed by atoms with van der Waals surface area (Å²) in [6, 6.07) is 9.65. The molecular formula is C19H21F3N2O2S. The van der Waals surface area contributed by atoms with Crippen LogP contribution in [0.3, 0.4) is 0 Å². The molecule has 1 aliphatic rings. The molecule has 1 fully saturated rings. The third kappa shape index (κ3) is 3.87. The summed E-state index contributed by atoms with van der Waals surface area (Å²) in [5.74, 6) is -0.843. The van der Waals surface area contributed by atoms with Gasteiger partial charge in [0, 0.05) is 23.0 Å². The molecule has 0 bridgehead atoms. The highest BCUT2D eigenvalue weighted by Gasteiger charge is 2.58. The van der Waals surface area contributed by atoms with Crippen LogP contribution < -0.4 is 5.32 Å². The van der Waals surface area contributed by atoms with Gasteiger partial charge in [0.15, 0.2) is 0 Å². The normalized spacial score (nSPS) is 18.4. The molecule has 0 unspecified atom stereocenters. The summed E-state index contributed by atoms with van der Waals surface area (Å²) < 4.78 is 40.5. The number of carbonyl (C=O) groups excluding carboxylic acids is 1. The summed E-state index contributed by atoms with van der Waals surface area (Å²) in [5.41, 5.74) is -2.09. The van der Waals surface area contributed by atoms with E-state index in [0.29, 0.717) is 17.0 Å². The van der Waals surface area contributed by atoms with Crippen molar-refractivity contribution in [1.29, 1.82) is 0 Å². The van der Waals surface area contributed by atoms with Gasteiger partial charge < -0.3 is 10.4 Å². The highest BCUT2D eigenvalue weighted by Crippen LogP contribution is 2.44. The second kappa shape index (κ2) is 7.24. The number of thiazole rings is 1. The van der Waals surface area contributed by atoms with Crippen LogP contribution in [0, 0.1) is 6.92 Å². The van der Waals surface area contributed by atoms with Crippen molar-refractivity contribution in [3.8, 4) is 0 Å². The SMILES string of the molecule is Cc1csc([C@@](O)(CC(=O)NCC2(c3ccccc3)CCC2)C(F)(F)F)n1. The fourth-order valence-electron chi connectivity index (χ4n) is 3.37. The summed E-state index contributed by atoms with van der Waals surface area (Å²) in [4.78, 5) is 16.1. The average molecular weight is 398 g/mol. The van der Waals surface area contributed by atoms with Crippen molar-refractivity contribution in [2.45, 2.75) is 49.8 Å². The number of amides is 1. The molecule has 0 aliphatic heterocycles. The standard InChI is InChI=1S/C19H21F3N2O2S/c1-13-11-27-16(24-13)18(26,19(20,21)22)10-15(25)23-12-17(8-5-9-17)14-6-3-2-4-7-14/h2-4,6-7,11,26H,5,8-10,12H2,1H3,(H,23,25)/t18-/m0/s1. The van der Waals surface area contributed by atoms with Gasteiger partial charge in [0.1, 0.15) is 5.01 Å². The largest absolute Gasteiger partial charge is 0.424 e. The Kier molecular flexibility index (Phi) is 5.31. The molecule has 1 aliphatic carbocycles. The van der Waals surface area contributed by atoms with Crippen LogP contribution in [0.5, 0.6) is 0 Å². The Morgan fingerprint density at radius 1 is 1.30 bits per heavy atom. The maximum Gasteiger partial charge on any atom is 0.424 e. The van der Waals surface area contributed by atoms with E-state index in [2.05, 4.69) is 10.3 Å². The topological polar surface area (TPSA) is 62.2 Å². The summed E-state index contributed by atoms with van der Waals surface area (Å²) in [6.45, 7) is 1.79. The van der Waals surface area contributed by atoms with Crippen molar-refractivity contribution in [3.05, 3.63) is 52.0 Å². The first-order valence-corrected chi connectivity index (χ1v) is 9.58. The zero-order chi connectivity index (χ0) is 19.7. The lowest BCUT2D eigenvalue weighted by atomic mass is 9.64. The first-order chi connectivity index (χ1) is 12.7. The van der Waals surface area contributed by atoms with E-state index in [1.54, 1.807) is 0 Å². The predicted molar refractivity (Wildman–Crippen MR) is 96.4 cm³/mol. The van der Waals surface area contributed by atoms with Gasteiger partial charge in [0.05, 0.1) is 6.42 Å². The van der Waals surface area contributed by atoms with Crippen LogP contribution in [0.25, 0.3) is 0 Å². The van der Waals surface area contributed by atoms with Gasteiger partial charge in [0.2, 0.25) is 11.5 Å². The van der Waals surface area contributed by atoms with Gasteiger partial charge in [-0.3, -0.25) is 4.79 Å². The minimum atomic E-state index is -5.00. The Morgan fingerprint density at radius 2 is 1.96 bits per heavy atom. The molecule has 1 saturated carbocycles. The van der Waals surface area contributed by atoms with E-state index >= 15 is 0 Å². The number of aryl methyl sites for hydroxylation is 1. The maximum atomic E-state index is 13.5. The third-order valence-corrected chi connectivity index (χ3v) is 6.29. The lowest BCUT2D eigenvalue weighted by Crippen LogP contribution is -2.49. The molecule has 1 atom stereocenters. The fourth-order valence-corrected chi connectivity index (χ4v) is 4.28. The summed E-state index contributed by atoms with van der Waals surface area (Å²) in [7, 11) is 0. The molecule has 146 valence electrons. The van der Waals surface area contributed by atoms with Gasteiger partial charge in [-0.25, -0.2) is 4.98 Å². The number of aromatic nitrogens is 1. The molecule has 2 aromatic rings. The number of nitrogens with one attached hydrogen (secondary N) is 1. The Hall–Kier alpha value is -1.93. The van der Waals surface area contributed by atoms with Gasteiger partial charge in [-0.05, 0) is 25.3 Å². The molecule has 0 radical (unpaired) electrons. The number of alkyl halides is 3. The van der Waals surface area contributed by atoms with Crippen molar-refractivity contribution < 1.29 is 23.1 Å². The number of aliphatic hydroxyl groups is 1. The molecule has 3 rings (SSSR count). The fraction of sp³-hybridized carbons (Fsp3) is 0.474. The van der Waals surface area contributed by atoms with Gasteiger partial charge in [0.25, 0.3) is 0 Å². The lowest BCUT2D eigenvalue weighted by Gasteiger charge is -2.42. The summed E-state index contributed by atoms with van der Waals surface area (Å²) >= 11 is 0.700. The Balaban J connectivity index is 1.72. The summed E-state index contributed by atoms with van der Waals surface area (Å²) in [6.07, 6.45) is -3.36. The van der Waals surface area contributed by atoms with Crippen LogP contribution in [0.2, 0.25) is 0 Å². The van der Waals surface area contributed by atoms with E-state index in [1.165, 1.54) is 12.3 Å². The molecule has 0 saturated heterocycles. The molecule has 0 spiro atoms. The highest BCUT2D eigenvalue weighted by atomic mass is 32.1. The van der Waals surface area contributed by atoms with Crippen LogP contribution in [0.4, 0.5) is 13.2 Å². The summed E-state index contributed by atoms with van der Waals surface area (Å²) in [5, 5.41) is 13.8. The minimum Gasteiger partial charge on any atom is -0.374 e. The zero-order valence-electron chi connectivity index (χ0n) is 14.8. The molecule has 8 heteroatoms. The number of rotatable bonds is 6. The zero-order valence-corrected chi connectivity index (χ0v) is 15.7. The van der Waals surface area contributed by atoms with Crippen molar-refractivity contribution in [3.63, 3.8) is 0 Å². The second-order valence-electron chi connectivity index (χ2n) is 7.11. The van der Waals surface area contributed by atoms with E-state index in [9.17, 15) is 23.1 Å². The minimum absolute atomic E-state index is 0.245. The predicted octanol–water partition coefficient (Wildman–Crippen LogP) is 3.83. The first-order valence-electron chi connectivity index (χ1n) is 8.70. The monoisotopic (exact) mass is 398 g/mol. The molecule has 1 heterocycles. The van der Waals surface area contributed by atoms with Crippen LogP contribution in [-0.4, -0.2) is 28.7 Å². The van der Waals surface area contributed by atoms with Crippen LogP contribution in [0.1, 0.15) is 41.9 Å². The third-order valence-electron chi connectivity index (χ3n) is 5.18. The first kappa shape index (κ1) is 19.8. The number of carbonyl (C=O) groups is 1. The Bertz CT molecular complexity index is 803. The van der Waals surface area contributed by atoms with E-state index in [-0.39, 0.29) is 12.0 Å².